The summed E-state index contributed by atoms with van der Waals surface area (Å²) in [6.07, 6.45) is 5.24. The molecule has 0 aromatic heterocycles. The number of nitrogens with one attached hydrogen (secondary N) is 2. The van der Waals surface area contributed by atoms with Crippen LogP contribution in [-0.2, 0) is 10.0 Å². The highest BCUT2D eigenvalue weighted by Gasteiger charge is 2.39. The topological polar surface area (TPSA) is 85.9 Å². The molecule has 0 bridgehead atoms. The highest BCUT2D eigenvalue weighted by molar-refractivity contribution is 7.89. The quantitative estimate of drug-likeness (QED) is 0.597. The molecule has 3 atom stereocenters. The fourth-order valence-electron chi connectivity index (χ4n) is 4.81. The normalized spacial score (nSPS) is 21.7. The third-order valence-electron chi connectivity index (χ3n) is 6.13. The van der Waals surface area contributed by atoms with Crippen molar-refractivity contribution in [3.05, 3.63) is 53.6 Å². The van der Waals surface area contributed by atoms with Crippen LogP contribution in [0, 0.1) is 5.92 Å². The van der Waals surface area contributed by atoms with E-state index in [4.69, 9.17) is 14.2 Å². The summed E-state index contributed by atoms with van der Waals surface area (Å²) in [5.41, 5.74) is 2.39. The molecule has 2 aromatic carbocycles. The van der Waals surface area contributed by atoms with Gasteiger partial charge in [0.1, 0.15) is 0 Å². The fraction of sp³-hybridized carbons (Fsp3) is 0.440. The van der Waals surface area contributed by atoms with Gasteiger partial charge in [0.25, 0.3) is 0 Å². The standard InChI is InChI=1S/C25H32N2O5S/c1-25(2,3)27-33(28,29)16-10-11-20-19(14-16)17-8-7-9-18(17)23(26-20)15-12-21(30-4)24(32-6)22(13-15)31-5/h7-8,10-14,17-18,23,26-27H,9H2,1-6H3. The maximum Gasteiger partial charge on any atom is 0.241 e. The molecule has 0 radical (unpaired) electrons. The minimum absolute atomic E-state index is 0.00126. The molecule has 8 heteroatoms. The van der Waals surface area contributed by atoms with E-state index in [0.717, 1.165) is 23.2 Å². The van der Waals surface area contributed by atoms with Crippen molar-refractivity contribution in [1.29, 1.82) is 0 Å². The van der Waals surface area contributed by atoms with E-state index in [-0.39, 0.29) is 22.8 Å². The lowest BCUT2D eigenvalue weighted by molar-refractivity contribution is 0.322. The van der Waals surface area contributed by atoms with Crippen LogP contribution in [0.5, 0.6) is 17.2 Å². The lowest BCUT2D eigenvalue weighted by Gasteiger charge is -2.38. The van der Waals surface area contributed by atoms with E-state index < -0.39 is 15.6 Å². The Hall–Kier alpha value is -2.71. The number of ether oxygens (including phenoxy) is 3. The number of rotatable bonds is 6. The first-order valence-corrected chi connectivity index (χ1v) is 12.5. The van der Waals surface area contributed by atoms with E-state index in [1.165, 1.54) is 0 Å². The molecule has 1 heterocycles. The Bertz CT molecular complexity index is 1160. The summed E-state index contributed by atoms with van der Waals surface area (Å²) < 4.78 is 45.2. The average molecular weight is 473 g/mol. The van der Waals surface area contributed by atoms with Gasteiger partial charge < -0.3 is 19.5 Å². The van der Waals surface area contributed by atoms with Gasteiger partial charge in [-0.1, -0.05) is 12.2 Å². The van der Waals surface area contributed by atoms with Gasteiger partial charge in [-0.3, -0.25) is 0 Å². The zero-order chi connectivity index (χ0) is 24.0. The highest BCUT2D eigenvalue weighted by Crippen LogP contribution is 2.52. The van der Waals surface area contributed by atoms with Crippen LogP contribution in [0.15, 0.2) is 47.4 Å². The van der Waals surface area contributed by atoms with E-state index in [0.29, 0.717) is 17.2 Å². The summed E-state index contributed by atoms with van der Waals surface area (Å²) in [6, 6.07) is 9.28. The minimum atomic E-state index is -3.62. The number of sulfonamides is 1. The zero-order valence-electron chi connectivity index (χ0n) is 19.9. The van der Waals surface area contributed by atoms with E-state index in [1.54, 1.807) is 33.5 Å². The number of methoxy groups -OCH3 is 3. The molecule has 4 rings (SSSR count). The molecule has 7 nitrogen and oxygen atoms in total. The largest absolute Gasteiger partial charge is 0.493 e. The summed E-state index contributed by atoms with van der Waals surface area (Å²) in [4.78, 5) is 0.281. The second kappa shape index (κ2) is 8.57. The Kier molecular flexibility index (Phi) is 6.09. The van der Waals surface area contributed by atoms with Crippen molar-refractivity contribution < 1.29 is 22.6 Å². The maximum absolute atomic E-state index is 12.9. The maximum atomic E-state index is 12.9. The molecule has 2 N–H and O–H groups in total. The molecule has 33 heavy (non-hydrogen) atoms. The van der Waals surface area contributed by atoms with Gasteiger partial charge in [0, 0.05) is 17.1 Å². The average Bonchev–Trinajstić information content (AvgIpc) is 3.25. The van der Waals surface area contributed by atoms with Gasteiger partial charge in [0.2, 0.25) is 15.8 Å². The number of fused-ring (bicyclic) bond motifs is 3. The summed E-state index contributed by atoms with van der Waals surface area (Å²) in [5, 5.41) is 3.64. The van der Waals surface area contributed by atoms with E-state index in [1.807, 2.05) is 39.0 Å². The fourth-order valence-corrected chi connectivity index (χ4v) is 6.27. The molecule has 0 amide bonds. The molecule has 178 valence electrons. The lowest BCUT2D eigenvalue weighted by atomic mass is 9.77. The van der Waals surface area contributed by atoms with Crippen molar-refractivity contribution in [2.75, 3.05) is 26.6 Å². The molecule has 2 aliphatic rings. The van der Waals surface area contributed by atoms with Crippen molar-refractivity contribution in [3.8, 4) is 17.2 Å². The number of allylic oxidation sites excluding steroid dienone is 2. The Labute approximate surface area is 196 Å². The van der Waals surface area contributed by atoms with Gasteiger partial charge in [-0.25, -0.2) is 13.1 Å². The minimum Gasteiger partial charge on any atom is -0.493 e. The highest BCUT2D eigenvalue weighted by atomic mass is 32.2. The van der Waals surface area contributed by atoms with Crippen LogP contribution in [0.1, 0.15) is 50.3 Å². The molecule has 0 saturated carbocycles. The Morgan fingerprint density at radius 2 is 1.67 bits per heavy atom. The van der Waals surface area contributed by atoms with Crippen molar-refractivity contribution in [3.63, 3.8) is 0 Å². The van der Waals surface area contributed by atoms with Gasteiger partial charge in [-0.2, -0.15) is 0 Å². The Balaban J connectivity index is 1.75. The Morgan fingerprint density at radius 1 is 1.00 bits per heavy atom. The first-order valence-electron chi connectivity index (χ1n) is 11.0. The van der Waals surface area contributed by atoms with Gasteiger partial charge in [-0.05, 0) is 74.6 Å². The predicted molar refractivity (Wildman–Crippen MR) is 129 cm³/mol. The van der Waals surface area contributed by atoms with Gasteiger partial charge in [-0.15, -0.1) is 0 Å². The zero-order valence-corrected chi connectivity index (χ0v) is 20.7. The third kappa shape index (κ3) is 4.42. The molecular formula is C25H32N2O5S. The molecule has 1 aliphatic heterocycles. The van der Waals surface area contributed by atoms with E-state index in [2.05, 4.69) is 22.2 Å². The third-order valence-corrected chi connectivity index (χ3v) is 7.89. The number of hydrogen-bond acceptors (Lipinski definition) is 6. The predicted octanol–water partition coefficient (Wildman–Crippen LogP) is 4.62. The van der Waals surface area contributed by atoms with Gasteiger partial charge in [0.05, 0.1) is 32.3 Å². The number of benzene rings is 2. The second-order valence-electron chi connectivity index (χ2n) is 9.54. The summed E-state index contributed by atoms with van der Waals surface area (Å²) in [6.45, 7) is 5.51. The van der Waals surface area contributed by atoms with Crippen LogP contribution in [0.3, 0.4) is 0 Å². The van der Waals surface area contributed by atoms with Crippen molar-refractivity contribution in [2.45, 2.75) is 49.6 Å². The van der Waals surface area contributed by atoms with Crippen molar-refractivity contribution >= 4 is 15.7 Å². The molecule has 0 saturated heterocycles. The summed E-state index contributed by atoms with van der Waals surface area (Å²) >= 11 is 0. The van der Waals surface area contributed by atoms with E-state index in [9.17, 15) is 8.42 Å². The molecule has 0 fully saturated rings. The van der Waals surface area contributed by atoms with Crippen LogP contribution in [0.2, 0.25) is 0 Å². The van der Waals surface area contributed by atoms with Crippen molar-refractivity contribution in [1.82, 2.24) is 4.72 Å². The number of anilines is 1. The monoisotopic (exact) mass is 472 g/mol. The Morgan fingerprint density at radius 3 is 2.24 bits per heavy atom. The molecular weight excluding hydrogens is 440 g/mol. The van der Waals surface area contributed by atoms with Crippen LogP contribution < -0.4 is 24.2 Å². The van der Waals surface area contributed by atoms with Crippen LogP contribution in [0.25, 0.3) is 0 Å². The van der Waals surface area contributed by atoms with Gasteiger partial charge in [0.15, 0.2) is 11.5 Å². The summed E-state index contributed by atoms with van der Waals surface area (Å²) in [7, 11) is 1.19. The van der Waals surface area contributed by atoms with Crippen molar-refractivity contribution in [2.24, 2.45) is 5.92 Å². The second-order valence-corrected chi connectivity index (χ2v) is 11.2. The van der Waals surface area contributed by atoms with Crippen LogP contribution in [-0.4, -0.2) is 35.3 Å². The van der Waals surface area contributed by atoms with Gasteiger partial charge >= 0.3 is 0 Å². The van der Waals surface area contributed by atoms with Crippen LogP contribution in [0.4, 0.5) is 5.69 Å². The molecule has 2 aromatic rings. The lowest BCUT2D eigenvalue weighted by Crippen LogP contribution is -2.40. The van der Waals surface area contributed by atoms with Crippen LogP contribution >= 0.6 is 0 Å². The SMILES string of the molecule is COc1cc(C2Nc3ccc(S(=O)(=O)NC(C)(C)C)cc3C3C=CCC32)cc(OC)c1OC. The summed E-state index contributed by atoms with van der Waals surface area (Å²) in [5.74, 6) is 2.11. The number of hydrogen-bond donors (Lipinski definition) is 2. The smallest absolute Gasteiger partial charge is 0.241 e. The van der Waals surface area contributed by atoms with E-state index >= 15 is 0 Å². The molecule has 3 unspecified atom stereocenters. The molecule has 0 spiro atoms. The first kappa shape index (κ1) is 23.4. The first-order chi connectivity index (χ1) is 15.6. The molecule has 1 aliphatic carbocycles.